The lowest BCUT2D eigenvalue weighted by Crippen LogP contribution is -2.54. The first-order valence-corrected chi connectivity index (χ1v) is 10.3. The fourth-order valence-corrected chi connectivity index (χ4v) is 3.82. The molecule has 2 aromatic rings. The van der Waals surface area contributed by atoms with Crippen LogP contribution in [0.4, 0.5) is 10.5 Å². The summed E-state index contributed by atoms with van der Waals surface area (Å²) >= 11 is 0. The Morgan fingerprint density at radius 2 is 1.63 bits per heavy atom. The first-order valence-electron chi connectivity index (χ1n) is 10.3. The zero-order valence-electron chi connectivity index (χ0n) is 17.1. The van der Waals surface area contributed by atoms with Crippen LogP contribution in [-0.2, 0) is 16.0 Å². The Kier molecular flexibility index (Phi) is 5.97. The summed E-state index contributed by atoms with van der Waals surface area (Å²) in [5, 5.41) is 0. The van der Waals surface area contributed by atoms with Gasteiger partial charge in [-0.25, -0.2) is 14.7 Å². The Morgan fingerprint density at radius 3 is 2.27 bits per heavy atom. The number of aliphatic imine (C=N–C) groups is 1. The van der Waals surface area contributed by atoms with Crippen LogP contribution in [0.15, 0.2) is 65.7 Å². The normalized spacial score (nSPS) is 19.1. The summed E-state index contributed by atoms with van der Waals surface area (Å²) in [5.41, 5.74) is 1.89. The third-order valence-electron chi connectivity index (χ3n) is 5.35. The summed E-state index contributed by atoms with van der Waals surface area (Å²) in [4.78, 5) is 35.7. The Hall–Kier alpha value is -3.35. The smallest absolute Gasteiger partial charge is 0.409 e. The first kappa shape index (κ1) is 19.9. The Balaban J connectivity index is 1.55. The number of carbonyl (C=O) groups is 2. The quantitative estimate of drug-likeness (QED) is 0.783. The summed E-state index contributed by atoms with van der Waals surface area (Å²) in [6.45, 7) is 4.45. The summed E-state index contributed by atoms with van der Waals surface area (Å²) < 4.78 is 5.11. The van der Waals surface area contributed by atoms with Crippen LogP contribution in [0.1, 0.15) is 12.5 Å². The first-order chi connectivity index (χ1) is 14.7. The van der Waals surface area contributed by atoms with Crippen molar-refractivity contribution in [1.29, 1.82) is 0 Å². The topological polar surface area (TPSA) is 65.5 Å². The highest BCUT2D eigenvalue weighted by Crippen LogP contribution is 2.25. The third-order valence-corrected chi connectivity index (χ3v) is 5.35. The van der Waals surface area contributed by atoms with Gasteiger partial charge in [0.05, 0.1) is 12.3 Å². The largest absolute Gasteiger partial charge is 0.450 e. The van der Waals surface area contributed by atoms with Crippen molar-refractivity contribution in [2.75, 3.05) is 37.7 Å². The number of anilines is 1. The fraction of sp³-hybridized carbons (Fsp3) is 0.348. The molecule has 0 unspecified atom stereocenters. The van der Waals surface area contributed by atoms with Crippen LogP contribution >= 0.6 is 0 Å². The molecular formula is C23H26N4O3. The Bertz CT molecular complexity index is 909. The zero-order valence-corrected chi connectivity index (χ0v) is 17.1. The molecule has 2 heterocycles. The van der Waals surface area contributed by atoms with Gasteiger partial charge in [0.2, 0.25) is 5.96 Å². The van der Waals surface area contributed by atoms with Crippen molar-refractivity contribution in [3.8, 4) is 0 Å². The second-order valence-electron chi connectivity index (χ2n) is 7.32. The number of benzene rings is 2. The highest BCUT2D eigenvalue weighted by Gasteiger charge is 2.39. The van der Waals surface area contributed by atoms with Gasteiger partial charge in [0.15, 0.2) is 0 Å². The van der Waals surface area contributed by atoms with E-state index >= 15 is 0 Å². The second kappa shape index (κ2) is 8.98. The Labute approximate surface area is 176 Å². The van der Waals surface area contributed by atoms with E-state index < -0.39 is 6.04 Å². The number of nitrogens with zero attached hydrogens (tertiary/aromatic N) is 4. The van der Waals surface area contributed by atoms with E-state index in [1.165, 1.54) is 0 Å². The molecule has 2 amide bonds. The van der Waals surface area contributed by atoms with Gasteiger partial charge in [-0.05, 0) is 24.6 Å². The van der Waals surface area contributed by atoms with Crippen LogP contribution in [0, 0.1) is 0 Å². The molecule has 2 aliphatic rings. The molecule has 1 atom stereocenters. The predicted molar refractivity (Wildman–Crippen MR) is 115 cm³/mol. The van der Waals surface area contributed by atoms with Crippen molar-refractivity contribution in [3.05, 3.63) is 66.2 Å². The van der Waals surface area contributed by atoms with Crippen molar-refractivity contribution >= 4 is 23.6 Å². The molecule has 0 radical (unpaired) electrons. The Morgan fingerprint density at radius 1 is 1.00 bits per heavy atom. The van der Waals surface area contributed by atoms with E-state index in [0.29, 0.717) is 45.2 Å². The van der Waals surface area contributed by atoms with Crippen LogP contribution in [0.25, 0.3) is 0 Å². The molecule has 7 heteroatoms. The minimum absolute atomic E-state index is 0.0205. The lowest BCUT2D eigenvalue weighted by atomic mass is 10.1. The number of ether oxygens (including phenoxy) is 1. The van der Waals surface area contributed by atoms with Gasteiger partial charge < -0.3 is 14.5 Å². The molecule has 7 nitrogen and oxygen atoms in total. The minimum Gasteiger partial charge on any atom is -0.450 e. The van der Waals surface area contributed by atoms with Crippen LogP contribution < -0.4 is 4.90 Å². The number of amides is 2. The maximum Gasteiger partial charge on any atom is 0.409 e. The predicted octanol–water partition coefficient (Wildman–Crippen LogP) is 2.77. The van der Waals surface area contributed by atoms with Gasteiger partial charge in [0.1, 0.15) is 6.04 Å². The average molecular weight is 406 g/mol. The van der Waals surface area contributed by atoms with Crippen LogP contribution in [-0.4, -0.2) is 66.6 Å². The molecule has 2 aliphatic heterocycles. The molecule has 4 rings (SSSR count). The lowest BCUT2D eigenvalue weighted by molar-refractivity contribution is -0.118. The van der Waals surface area contributed by atoms with E-state index in [9.17, 15) is 9.59 Å². The van der Waals surface area contributed by atoms with Crippen molar-refractivity contribution in [2.24, 2.45) is 4.99 Å². The number of hydrogen-bond donors (Lipinski definition) is 0. The second-order valence-corrected chi connectivity index (χ2v) is 7.32. The summed E-state index contributed by atoms with van der Waals surface area (Å²) in [5.74, 6) is 0.642. The van der Waals surface area contributed by atoms with Gasteiger partial charge in [0.25, 0.3) is 5.91 Å². The van der Waals surface area contributed by atoms with Crippen LogP contribution in [0.5, 0.6) is 0 Å². The molecule has 1 saturated heterocycles. The molecule has 0 bridgehead atoms. The molecule has 0 aliphatic carbocycles. The fourth-order valence-electron chi connectivity index (χ4n) is 3.82. The van der Waals surface area contributed by atoms with E-state index in [0.717, 1.165) is 11.3 Å². The molecule has 0 saturated carbocycles. The van der Waals surface area contributed by atoms with Crippen molar-refractivity contribution in [3.63, 3.8) is 0 Å². The maximum atomic E-state index is 13.3. The summed E-state index contributed by atoms with van der Waals surface area (Å²) in [7, 11) is 0. The lowest BCUT2D eigenvalue weighted by Gasteiger charge is -2.37. The van der Waals surface area contributed by atoms with Gasteiger partial charge in [-0.3, -0.25) is 4.79 Å². The van der Waals surface area contributed by atoms with Crippen LogP contribution in [0.3, 0.4) is 0 Å². The SMILES string of the molecule is CCOC(=O)N1CCN(C2=N[C@@H](Cc3ccccc3)C(=O)N2c2ccccc2)CC1. The molecule has 0 aromatic heterocycles. The summed E-state index contributed by atoms with van der Waals surface area (Å²) in [6.07, 6.45) is 0.276. The molecule has 1 fully saturated rings. The number of rotatable bonds is 4. The number of piperazine rings is 1. The third kappa shape index (κ3) is 4.15. The molecule has 0 N–H and O–H groups in total. The minimum atomic E-state index is -0.453. The molecule has 156 valence electrons. The number of hydrogen-bond acceptors (Lipinski definition) is 5. The maximum absolute atomic E-state index is 13.3. The van der Waals surface area contributed by atoms with Crippen LogP contribution in [0.2, 0.25) is 0 Å². The highest BCUT2D eigenvalue weighted by molar-refractivity contribution is 6.22. The monoisotopic (exact) mass is 406 g/mol. The van der Waals surface area contributed by atoms with Gasteiger partial charge in [-0.2, -0.15) is 0 Å². The number of guanidine groups is 1. The number of para-hydroxylation sites is 1. The standard InChI is InChI=1S/C23H26N4O3/c1-2-30-23(29)26-15-13-25(14-16-26)22-24-20(17-18-9-5-3-6-10-18)21(28)27(22)19-11-7-4-8-12-19/h3-12,20H,2,13-17H2,1H3/t20-/m0/s1. The van der Waals surface area contributed by atoms with Gasteiger partial charge in [-0.1, -0.05) is 48.5 Å². The van der Waals surface area contributed by atoms with E-state index in [2.05, 4.69) is 4.90 Å². The van der Waals surface area contributed by atoms with Crippen molar-refractivity contribution < 1.29 is 14.3 Å². The zero-order chi connectivity index (χ0) is 20.9. The molecular weight excluding hydrogens is 380 g/mol. The average Bonchev–Trinajstić information content (AvgIpc) is 3.11. The van der Waals surface area contributed by atoms with Crippen molar-refractivity contribution in [2.45, 2.75) is 19.4 Å². The number of carbonyl (C=O) groups excluding carboxylic acids is 2. The van der Waals surface area contributed by atoms with E-state index in [4.69, 9.17) is 9.73 Å². The molecule has 2 aromatic carbocycles. The highest BCUT2D eigenvalue weighted by atomic mass is 16.6. The van der Waals surface area contributed by atoms with E-state index in [1.807, 2.05) is 60.7 Å². The van der Waals surface area contributed by atoms with E-state index in [-0.39, 0.29) is 12.0 Å². The van der Waals surface area contributed by atoms with E-state index in [1.54, 1.807) is 16.7 Å². The molecule has 0 spiro atoms. The van der Waals surface area contributed by atoms with Gasteiger partial charge >= 0.3 is 6.09 Å². The molecule has 30 heavy (non-hydrogen) atoms. The van der Waals surface area contributed by atoms with Crippen molar-refractivity contribution in [1.82, 2.24) is 9.80 Å². The van der Waals surface area contributed by atoms with Gasteiger partial charge in [0, 0.05) is 32.6 Å². The van der Waals surface area contributed by atoms with Gasteiger partial charge in [-0.15, -0.1) is 0 Å². The summed E-state index contributed by atoms with van der Waals surface area (Å²) in [6, 6.07) is 19.1.